The topological polar surface area (TPSA) is 125 Å². The van der Waals surface area contributed by atoms with Crippen molar-refractivity contribution in [1.82, 2.24) is 4.98 Å². The average Bonchev–Trinajstić information content (AvgIpc) is 3.15. The van der Waals surface area contributed by atoms with Crippen molar-refractivity contribution in [2.45, 2.75) is 19.8 Å². The van der Waals surface area contributed by atoms with E-state index in [1.165, 1.54) is 32.6 Å². The van der Waals surface area contributed by atoms with Gasteiger partial charge in [0, 0.05) is 23.0 Å². The summed E-state index contributed by atoms with van der Waals surface area (Å²) in [5.74, 6) is -1.62. The van der Waals surface area contributed by atoms with Crippen LogP contribution in [0.4, 0.5) is 11.5 Å². The van der Waals surface area contributed by atoms with Crippen LogP contribution in [0.15, 0.2) is 53.3 Å². The Kier molecular flexibility index (Phi) is 5.96. The van der Waals surface area contributed by atoms with Gasteiger partial charge >= 0.3 is 5.97 Å². The molecule has 0 saturated heterocycles. The van der Waals surface area contributed by atoms with Crippen LogP contribution in [0.2, 0.25) is 0 Å². The number of furan rings is 1. The minimum absolute atomic E-state index is 0.128. The molecule has 0 aliphatic heterocycles. The predicted octanol–water partition coefficient (Wildman–Crippen LogP) is 3.33. The number of carbonyl (C=O) groups excluding carboxylic acids is 3. The summed E-state index contributed by atoms with van der Waals surface area (Å²) in [5.41, 5.74) is 8.36. The van der Waals surface area contributed by atoms with Crippen molar-refractivity contribution in [3.8, 4) is 0 Å². The number of rotatable bonds is 6. The average molecular weight is 407 g/mol. The second kappa shape index (κ2) is 8.60. The third-order valence-electron chi connectivity index (χ3n) is 4.63. The first kappa shape index (κ1) is 20.8. The van der Waals surface area contributed by atoms with E-state index in [9.17, 15) is 14.4 Å². The number of ketones is 1. The Hall–Kier alpha value is -3.94. The first-order valence-electron chi connectivity index (χ1n) is 9.11. The lowest BCUT2D eigenvalue weighted by atomic mass is 9.87. The van der Waals surface area contributed by atoms with E-state index in [-0.39, 0.29) is 22.9 Å². The van der Waals surface area contributed by atoms with Crippen molar-refractivity contribution in [2.24, 2.45) is 0 Å². The summed E-state index contributed by atoms with van der Waals surface area (Å²) in [7, 11) is 1.26. The summed E-state index contributed by atoms with van der Waals surface area (Å²) in [6.07, 6.45) is 2.74. The summed E-state index contributed by atoms with van der Waals surface area (Å²) in [6.45, 7) is 3.19. The molecule has 0 spiro atoms. The predicted molar refractivity (Wildman–Crippen MR) is 110 cm³/mol. The van der Waals surface area contributed by atoms with E-state index in [4.69, 9.17) is 14.9 Å². The first-order chi connectivity index (χ1) is 14.3. The molecule has 3 N–H and O–H groups in total. The fourth-order valence-electron chi connectivity index (χ4n) is 3.18. The van der Waals surface area contributed by atoms with Crippen molar-refractivity contribution < 1.29 is 23.5 Å². The minimum atomic E-state index is -0.774. The second-order valence-electron chi connectivity index (χ2n) is 6.75. The van der Waals surface area contributed by atoms with Crippen LogP contribution >= 0.6 is 0 Å². The quantitative estimate of drug-likeness (QED) is 0.601. The Bertz CT molecular complexity index is 1120. The molecule has 3 aromatic rings. The van der Waals surface area contributed by atoms with Gasteiger partial charge < -0.3 is 20.2 Å². The highest BCUT2D eigenvalue weighted by atomic mass is 16.5. The molecule has 0 aliphatic carbocycles. The van der Waals surface area contributed by atoms with Crippen LogP contribution in [0.1, 0.15) is 50.4 Å². The third kappa shape index (κ3) is 4.22. The standard InChI is InChI=1S/C22H21N3O5/c1-12-7-8-30-19(12)21(27)25-16-6-4-5-14(9-16)18(13(2)26)17-10-15(22(28)29-3)11-24-20(17)23/h4-11,18H,1-3H3,(H2,23,24)(H,25,27). The van der Waals surface area contributed by atoms with Crippen LogP contribution < -0.4 is 11.1 Å². The van der Waals surface area contributed by atoms with E-state index in [2.05, 4.69) is 10.3 Å². The lowest BCUT2D eigenvalue weighted by molar-refractivity contribution is -0.117. The number of nitrogens with two attached hydrogens (primary N) is 1. The Balaban J connectivity index is 1.97. The molecule has 8 heteroatoms. The maximum Gasteiger partial charge on any atom is 0.339 e. The fourth-order valence-corrected chi connectivity index (χ4v) is 3.18. The number of methoxy groups -OCH3 is 1. The molecule has 0 radical (unpaired) electrons. The normalized spacial score (nSPS) is 11.6. The molecule has 8 nitrogen and oxygen atoms in total. The van der Waals surface area contributed by atoms with Crippen molar-refractivity contribution in [1.29, 1.82) is 0 Å². The van der Waals surface area contributed by atoms with Gasteiger partial charge in [0.1, 0.15) is 11.6 Å². The summed E-state index contributed by atoms with van der Waals surface area (Å²) in [4.78, 5) is 40.9. The molecule has 3 rings (SSSR count). The summed E-state index contributed by atoms with van der Waals surface area (Å²) < 4.78 is 9.93. The Labute approximate surface area is 173 Å². The lowest BCUT2D eigenvalue weighted by Crippen LogP contribution is -2.16. The molecule has 0 fully saturated rings. The number of Topliss-reactive ketones (excluding diaryl/α,β-unsaturated/α-hetero) is 1. The van der Waals surface area contributed by atoms with Crippen LogP contribution in [-0.2, 0) is 9.53 Å². The SMILES string of the molecule is COC(=O)c1cnc(N)c(C(C(C)=O)c2cccc(NC(=O)c3occc3C)c2)c1. The molecule has 1 unspecified atom stereocenters. The van der Waals surface area contributed by atoms with Gasteiger partial charge in [0.05, 0.1) is 24.9 Å². The van der Waals surface area contributed by atoms with E-state index in [1.54, 1.807) is 37.3 Å². The summed E-state index contributed by atoms with van der Waals surface area (Å²) in [5, 5.41) is 2.76. The summed E-state index contributed by atoms with van der Waals surface area (Å²) in [6, 6.07) is 10.0. The number of ether oxygens (including phenoxy) is 1. The maximum atomic E-state index is 12.5. The van der Waals surface area contributed by atoms with Crippen LogP contribution in [0.25, 0.3) is 0 Å². The zero-order valence-electron chi connectivity index (χ0n) is 16.8. The van der Waals surface area contributed by atoms with Crippen LogP contribution in [0.5, 0.6) is 0 Å². The highest BCUT2D eigenvalue weighted by molar-refractivity contribution is 6.03. The largest absolute Gasteiger partial charge is 0.465 e. The zero-order valence-corrected chi connectivity index (χ0v) is 16.8. The number of nitrogen functional groups attached to an aromatic ring is 1. The third-order valence-corrected chi connectivity index (χ3v) is 4.63. The molecule has 2 aromatic heterocycles. The first-order valence-corrected chi connectivity index (χ1v) is 9.11. The smallest absolute Gasteiger partial charge is 0.339 e. The molecular formula is C22H21N3O5. The molecule has 1 aromatic carbocycles. The van der Waals surface area contributed by atoms with Gasteiger partial charge in [-0.2, -0.15) is 0 Å². The number of hydrogen-bond acceptors (Lipinski definition) is 7. The molecular weight excluding hydrogens is 386 g/mol. The zero-order chi connectivity index (χ0) is 21.8. The van der Waals surface area contributed by atoms with Gasteiger partial charge in [-0.1, -0.05) is 12.1 Å². The Morgan fingerprint density at radius 3 is 2.60 bits per heavy atom. The highest BCUT2D eigenvalue weighted by Crippen LogP contribution is 2.31. The van der Waals surface area contributed by atoms with Gasteiger partial charge in [-0.05, 0) is 43.7 Å². The van der Waals surface area contributed by atoms with E-state index < -0.39 is 17.8 Å². The number of nitrogens with one attached hydrogen (secondary N) is 1. The number of anilines is 2. The Morgan fingerprint density at radius 2 is 1.97 bits per heavy atom. The van der Waals surface area contributed by atoms with Crippen LogP contribution in [0.3, 0.4) is 0 Å². The molecule has 0 aliphatic rings. The van der Waals surface area contributed by atoms with Gasteiger partial charge in [-0.15, -0.1) is 0 Å². The molecule has 154 valence electrons. The van der Waals surface area contributed by atoms with Crippen LogP contribution in [0, 0.1) is 6.92 Å². The monoisotopic (exact) mass is 407 g/mol. The van der Waals surface area contributed by atoms with E-state index in [0.717, 1.165) is 0 Å². The van der Waals surface area contributed by atoms with Crippen molar-refractivity contribution >= 4 is 29.2 Å². The van der Waals surface area contributed by atoms with Gasteiger partial charge in [0.15, 0.2) is 5.76 Å². The maximum absolute atomic E-state index is 12.5. The van der Waals surface area contributed by atoms with Gasteiger partial charge in [0.25, 0.3) is 5.91 Å². The Morgan fingerprint density at radius 1 is 1.20 bits per heavy atom. The number of benzene rings is 1. The van der Waals surface area contributed by atoms with E-state index in [0.29, 0.717) is 22.4 Å². The lowest BCUT2D eigenvalue weighted by Gasteiger charge is -2.18. The fraction of sp³-hybridized carbons (Fsp3) is 0.182. The van der Waals surface area contributed by atoms with Crippen molar-refractivity contribution in [3.63, 3.8) is 0 Å². The van der Waals surface area contributed by atoms with E-state index >= 15 is 0 Å². The number of esters is 1. The molecule has 1 amide bonds. The summed E-state index contributed by atoms with van der Waals surface area (Å²) >= 11 is 0. The number of aromatic nitrogens is 1. The molecule has 30 heavy (non-hydrogen) atoms. The number of nitrogens with zero attached hydrogens (tertiary/aromatic N) is 1. The molecule has 0 bridgehead atoms. The van der Waals surface area contributed by atoms with Crippen molar-refractivity contribution in [2.75, 3.05) is 18.2 Å². The van der Waals surface area contributed by atoms with Gasteiger partial charge in [-0.3, -0.25) is 9.59 Å². The number of carbonyl (C=O) groups is 3. The second-order valence-corrected chi connectivity index (χ2v) is 6.75. The number of pyridine rings is 1. The van der Waals surface area contributed by atoms with Crippen molar-refractivity contribution in [3.05, 3.63) is 76.9 Å². The highest BCUT2D eigenvalue weighted by Gasteiger charge is 2.24. The number of aryl methyl sites for hydroxylation is 1. The molecule has 0 saturated carbocycles. The molecule has 1 atom stereocenters. The number of amides is 1. The van der Waals surface area contributed by atoms with E-state index in [1.807, 2.05) is 0 Å². The minimum Gasteiger partial charge on any atom is -0.465 e. The molecule has 2 heterocycles. The van der Waals surface area contributed by atoms with Crippen LogP contribution in [-0.4, -0.2) is 29.8 Å². The van der Waals surface area contributed by atoms with Gasteiger partial charge in [-0.25, -0.2) is 9.78 Å². The van der Waals surface area contributed by atoms with Gasteiger partial charge in [0.2, 0.25) is 0 Å². The number of hydrogen-bond donors (Lipinski definition) is 2.